The van der Waals surface area contributed by atoms with Gasteiger partial charge in [0.25, 0.3) is 10.0 Å². The summed E-state index contributed by atoms with van der Waals surface area (Å²) >= 11 is 0. The molecule has 2 aromatic rings. The Morgan fingerprint density at radius 1 is 0.966 bits per heavy atom. The van der Waals surface area contributed by atoms with Crippen LogP contribution in [-0.2, 0) is 26.0 Å². The summed E-state index contributed by atoms with van der Waals surface area (Å²) in [6.07, 6.45) is 0.112. The lowest BCUT2D eigenvalue weighted by atomic mass is 10.1. The standard InChI is InChI=1S/C20H25N3O5S/c1-14(25)21-16-8-10-18(11-9-16)29(27,28)23-17-6-4-15(5-7-17)12-19(26)22-20(2,3)13-24/h4-11,23-24H,12-13H2,1-3H3,(H,21,25)(H,22,26). The first-order chi connectivity index (χ1) is 13.5. The maximum atomic E-state index is 12.5. The maximum Gasteiger partial charge on any atom is 0.261 e. The number of sulfonamides is 1. The van der Waals surface area contributed by atoms with Gasteiger partial charge in [-0.25, -0.2) is 8.42 Å². The molecule has 0 atom stereocenters. The Balaban J connectivity index is 2.02. The number of hydrogen-bond donors (Lipinski definition) is 4. The van der Waals surface area contributed by atoms with Crippen LogP contribution in [0, 0.1) is 0 Å². The van der Waals surface area contributed by atoms with E-state index < -0.39 is 15.6 Å². The number of amides is 2. The first-order valence-electron chi connectivity index (χ1n) is 8.92. The van der Waals surface area contributed by atoms with Crippen molar-refractivity contribution in [3.05, 3.63) is 54.1 Å². The minimum Gasteiger partial charge on any atom is -0.394 e. The highest BCUT2D eigenvalue weighted by atomic mass is 32.2. The summed E-state index contributed by atoms with van der Waals surface area (Å²) in [6, 6.07) is 12.3. The molecule has 2 amide bonds. The van der Waals surface area contributed by atoms with Gasteiger partial charge in [0.05, 0.1) is 23.5 Å². The Morgan fingerprint density at radius 2 is 1.52 bits per heavy atom. The van der Waals surface area contributed by atoms with Crippen LogP contribution in [0.25, 0.3) is 0 Å². The van der Waals surface area contributed by atoms with E-state index in [1.54, 1.807) is 38.1 Å². The molecule has 0 fully saturated rings. The fourth-order valence-electron chi connectivity index (χ4n) is 2.47. The van der Waals surface area contributed by atoms with Gasteiger partial charge in [0, 0.05) is 18.3 Å². The highest BCUT2D eigenvalue weighted by Gasteiger charge is 2.19. The number of nitrogens with one attached hydrogen (secondary N) is 3. The molecule has 29 heavy (non-hydrogen) atoms. The molecule has 9 heteroatoms. The number of benzene rings is 2. The molecule has 0 unspecified atom stereocenters. The van der Waals surface area contributed by atoms with Crippen LogP contribution in [0.3, 0.4) is 0 Å². The zero-order valence-electron chi connectivity index (χ0n) is 16.5. The Kier molecular flexibility index (Phi) is 6.99. The van der Waals surface area contributed by atoms with Crippen molar-refractivity contribution in [3.8, 4) is 0 Å². The summed E-state index contributed by atoms with van der Waals surface area (Å²) < 4.78 is 27.5. The van der Waals surface area contributed by atoms with Crippen molar-refractivity contribution in [2.24, 2.45) is 0 Å². The zero-order valence-corrected chi connectivity index (χ0v) is 17.3. The summed E-state index contributed by atoms with van der Waals surface area (Å²) in [6.45, 7) is 4.62. The van der Waals surface area contributed by atoms with E-state index in [1.165, 1.54) is 31.2 Å². The van der Waals surface area contributed by atoms with Crippen LogP contribution in [0.15, 0.2) is 53.4 Å². The summed E-state index contributed by atoms with van der Waals surface area (Å²) in [5.74, 6) is -0.482. The first-order valence-corrected chi connectivity index (χ1v) is 10.4. The van der Waals surface area contributed by atoms with Crippen LogP contribution in [0.4, 0.5) is 11.4 Å². The van der Waals surface area contributed by atoms with Crippen molar-refractivity contribution in [2.75, 3.05) is 16.6 Å². The minimum atomic E-state index is -3.79. The van der Waals surface area contributed by atoms with Gasteiger partial charge in [-0.05, 0) is 55.8 Å². The minimum absolute atomic E-state index is 0.0568. The van der Waals surface area contributed by atoms with Crippen molar-refractivity contribution >= 4 is 33.2 Å². The van der Waals surface area contributed by atoms with Crippen molar-refractivity contribution in [1.82, 2.24) is 5.32 Å². The van der Waals surface area contributed by atoms with Crippen molar-refractivity contribution in [3.63, 3.8) is 0 Å². The maximum absolute atomic E-state index is 12.5. The van der Waals surface area contributed by atoms with E-state index in [-0.39, 0.29) is 29.7 Å². The van der Waals surface area contributed by atoms with Crippen molar-refractivity contribution in [1.29, 1.82) is 0 Å². The van der Waals surface area contributed by atoms with E-state index in [0.717, 1.165) is 0 Å². The molecular formula is C20H25N3O5S. The topological polar surface area (TPSA) is 125 Å². The number of aliphatic hydroxyl groups is 1. The normalized spacial score (nSPS) is 11.6. The number of hydrogen-bond acceptors (Lipinski definition) is 5. The summed E-state index contributed by atoms with van der Waals surface area (Å²) in [4.78, 5) is 23.1. The lowest BCUT2D eigenvalue weighted by molar-refractivity contribution is -0.122. The number of aliphatic hydroxyl groups excluding tert-OH is 1. The predicted molar refractivity (Wildman–Crippen MR) is 111 cm³/mol. The smallest absolute Gasteiger partial charge is 0.261 e. The van der Waals surface area contributed by atoms with Crippen LogP contribution in [0.1, 0.15) is 26.3 Å². The second-order valence-electron chi connectivity index (χ2n) is 7.27. The van der Waals surface area contributed by atoms with Crippen LogP contribution in [0.5, 0.6) is 0 Å². The molecule has 0 radical (unpaired) electrons. The monoisotopic (exact) mass is 419 g/mol. The van der Waals surface area contributed by atoms with E-state index in [1.807, 2.05) is 0 Å². The molecule has 0 saturated carbocycles. The average Bonchev–Trinajstić information content (AvgIpc) is 2.62. The third-order valence-electron chi connectivity index (χ3n) is 3.93. The van der Waals surface area contributed by atoms with Gasteiger partial charge >= 0.3 is 0 Å². The molecule has 0 aliphatic rings. The van der Waals surface area contributed by atoms with Crippen LogP contribution in [-0.4, -0.2) is 37.5 Å². The van der Waals surface area contributed by atoms with Crippen LogP contribution >= 0.6 is 0 Å². The Bertz CT molecular complexity index is 968. The van der Waals surface area contributed by atoms with Crippen LogP contribution in [0.2, 0.25) is 0 Å². The molecule has 0 heterocycles. The molecule has 0 bridgehead atoms. The third kappa shape index (κ3) is 6.88. The van der Waals surface area contributed by atoms with E-state index in [9.17, 15) is 23.1 Å². The quantitative estimate of drug-likeness (QED) is 0.520. The van der Waals surface area contributed by atoms with Gasteiger partial charge in [0.15, 0.2) is 0 Å². The second-order valence-corrected chi connectivity index (χ2v) is 8.96. The van der Waals surface area contributed by atoms with Crippen LogP contribution < -0.4 is 15.4 Å². The van der Waals surface area contributed by atoms with Gasteiger partial charge in [0.1, 0.15) is 0 Å². The molecule has 2 rings (SSSR count). The molecule has 0 saturated heterocycles. The van der Waals surface area contributed by atoms with Gasteiger partial charge < -0.3 is 15.7 Å². The second kappa shape index (κ2) is 9.06. The molecular weight excluding hydrogens is 394 g/mol. The third-order valence-corrected chi connectivity index (χ3v) is 5.33. The van der Waals surface area contributed by atoms with E-state index in [2.05, 4.69) is 15.4 Å². The Labute approximate surface area is 170 Å². The summed E-state index contributed by atoms with van der Waals surface area (Å²) in [5.41, 5.74) is 0.861. The molecule has 156 valence electrons. The molecule has 2 aromatic carbocycles. The van der Waals surface area contributed by atoms with Gasteiger partial charge in [-0.2, -0.15) is 0 Å². The zero-order chi connectivity index (χ0) is 21.7. The summed E-state index contributed by atoms with van der Waals surface area (Å²) in [7, 11) is -3.79. The lowest BCUT2D eigenvalue weighted by Gasteiger charge is -2.23. The lowest BCUT2D eigenvalue weighted by Crippen LogP contribution is -2.46. The first kappa shape index (κ1) is 22.4. The average molecular weight is 420 g/mol. The molecule has 4 N–H and O–H groups in total. The van der Waals surface area contributed by atoms with Gasteiger partial charge in [-0.3, -0.25) is 14.3 Å². The van der Waals surface area contributed by atoms with E-state index in [4.69, 9.17) is 0 Å². The number of carbonyl (C=O) groups is 2. The number of anilines is 2. The van der Waals surface area contributed by atoms with Crippen molar-refractivity contribution in [2.45, 2.75) is 37.6 Å². The van der Waals surface area contributed by atoms with Crippen molar-refractivity contribution < 1.29 is 23.1 Å². The largest absolute Gasteiger partial charge is 0.394 e. The predicted octanol–water partition coefficient (Wildman–Crippen LogP) is 1.88. The Morgan fingerprint density at radius 3 is 2.03 bits per heavy atom. The van der Waals surface area contributed by atoms with Gasteiger partial charge in [-0.1, -0.05) is 12.1 Å². The van der Waals surface area contributed by atoms with Gasteiger partial charge in [-0.15, -0.1) is 0 Å². The van der Waals surface area contributed by atoms with E-state index in [0.29, 0.717) is 16.9 Å². The molecule has 0 aromatic heterocycles. The molecule has 0 spiro atoms. The number of rotatable bonds is 8. The SMILES string of the molecule is CC(=O)Nc1ccc(S(=O)(=O)Nc2ccc(CC(=O)NC(C)(C)CO)cc2)cc1. The van der Waals surface area contributed by atoms with Gasteiger partial charge in [0.2, 0.25) is 11.8 Å². The molecule has 8 nitrogen and oxygen atoms in total. The summed E-state index contributed by atoms with van der Waals surface area (Å²) in [5, 5.41) is 14.5. The highest BCUT2D eigenvalue weighted by Crippen LogP contribution is 2.19. The highest BCUT2D eigenvalue weighted by molar-refractivity contribution is 7.92. The fraction of sp³-hybridized carbons (Fsp3) is 0.300. The van der Waals surface area contributed by atoms with E-state index >= 15 is 0 Å². The molecule has 0 aliphatic carbocycles. The number of carbonyl (C=O) groups excluding carboxylic acids is 2. The Hall–Kier alpha value is -2.91. The molecule has 0 aliphatic heterocycles. The fourth-order valence-corrected chi connectivity index (χ4v) is 3.53.